The van der Waals surface area contributed by atoms with E-state index in [4.69, 9.17) is 27.9 Å². The molecular weight excluding hydrogens is 207 g/mol. The Morgan fingerprint density at radius 3 is 1.15 bits per heavy atom. The molecule has 0 aliphatic carbocycles. The summed E-state index contributed by atoms with van der Waals surface area (Å²) in [6, 6.07) is 0. The highest BCUT2D eigenvalue weighted by atomic mass is 35.5. The Labute approximate surface area is 91.7 Å². The first-order valence-electron chi connectivity index (χ1n) is 5.03. The van der Waals surface area contributed by atoms with E-state index in [9.17, 15) is 0 Å². The van der Waals surface area contributed by atoms with Gasteiger partial charge in [0.2, 0.25) is 0 Å². The number of ether oxygens (including phenoxy) is 1. The Morgan fingerprint density at radius 1 is 0.769 bits per heavy atom. The zero-order valence-corrected chi connectivity index (χ0v) is 10.5. The molecule has 0 aromatic heterocycles. The number of rotatable bonds is 6. The van der Waals surface area contributed by atoms with Crippen LogP contribution in [0.15, 0.2) is 0 Å². The SMILES string of the molecule is CCC(Cl)(CC)OC(Cl)(CC)CC. The van der Waals surface area contributed by atoms with Crippen LogP contribution in [-0.2, 0) is 4.74 Å². The molecule has 0 heterocycles. The molecule has 0 aliphatic rings. The normalized spacial score (nSPS) is 13.4. The van der Waals surface area contributed by atoms with Gasteiger partial charge >= 0.3 is 0 Å². The van der Waals surface area contributed by atoms with E-state index in [1.165, 1.54) is 0 Å². The van der Waals surface area contributed by atoms with Crippen LogP contribution in [0, 0.1) is 0 Å². The Kier molecular flexibility index (Phi) is 5.65. The van der Waals surface area contributed by atoms with Gasteiger partial charge in [0.05, 0.1) is 0 Å². The van der Waals surface area contributed by atoms with Crippen LogP contribution in [0.5, 0.6) is 0 Å². The lowest BCUT2D eigenvalue weighted by Gasteiger charge is -2.35. The molecule has 0 saturated heterocycles. The quantitative estimate of drug-likeness (QED) is 0.606. The maximum Gasteiger partial charge on any atom is 0.143 e. The first-order valence-corrected chi connectivity index (χ1v) is 5.78. The van der Waals surface area contributed by atoms with Crippen molar-refractivity contribution >= 4 is 23.2 Å². The molecule has 80 valence electrons. The van der Waals surface area contributed by atoms with Gasteiger partial charge in [-0.15, -0.1) is 0 Å². The maximum atomic E-state index is 6.24. The Bertz CT molecular complexity index is 124. The van der Waals surface area contributed by atoms with Gasteiger partial charge in [0.1, 0.15) is 10.1 Å². The van der Waals surface area contributed by atoms with Gasteiger partial charge in [-0.1, -0.05) is 50.9 Å². The summed E-state index contributed by atoms with van der Waals surface area (Å²) in [6.45, 7) is 8.05. The molecule has 0 fully saturated rings. The average Bonchev–Trinajstić information content (AvgIpc) is 2.17. The second kappa shape index (κ2) is 5.43. The molecule has 0 spiro atoms. The van der Waals surface area contributed by atoms with Gasteiger partial charge < -0.3 is 4.74 Å². The lowest BCUT2D eigenvalue weighted by molar-refractivity contribution is -0.0738. The smallest absolute Gasteiger partial charge is 0.143 e. The predicted molar refractivity (Wildman–Crippen MR) is 59.4 cm³/mol. The summed E-state index contributed by atoms with van der Waals surface area (Å²) >= 11 is 12.5. The average molecular weight is 227 g/mol. The van der Waals surface area contributed by atoms with E-state index in [1.54, 1.807) is 0 Å². The van der Waals surface area contributed by atoms with Crippen molar-refractivity contribution in [2.45, 2.75) is 63.5 Å². The maximum absolute atomic E-state index is 6.24. The van der Waals surface area contributed by atoms with Gasteiger partial charge in [0.25, 0.3) is 0 Å². The molecule has 0 radical (unpaired) electrons. The topological polar surface area (TPSA) is 9.23 Å². The lowest BCUT2D eigenvalue weighted by Crippen LogP contribution is -2.36. The number of hydrogen-bond acceptors (Lipinski definition) is 1. The summed E-state index contributed by atoms with van der Waals surface area (Å²) in [6.07, 6.45) is 3.11. The van der Waals surface area contributed by atoms with E-state index in [2.05, 4.69) is 0 Å². The van der Waals surface area contributed by atoms with Crippen LogP contribution >= 0.6 is 23.2 Å². The second-order valence-corrected chi connectivity index (χ2v) is 4.66. The van der Waals surface area contributed by atoms with Crippen LogP contribution < -0.4 is 0 Å². The fourth-order valence-electron chi connectivity index (χ4n) is 1.12. The molecule has 0 aromatic rings. The molecule has 0 atom stereocenters. The van der Waals surface area contributed by atoms with E-state index >= 15 is 0 Å². The molecule has 0 rings (SSSR count). The largest absolute Gasteiger partial charge is 0.338 e. The van der Waals surface area contributed by atoms with Crippen molar-refractivity contribution in [2.24, 2.45) is 0 Å². The van der Waals surface area contributed by atoms with Crippen molar-refractivity contribution in [2.75, 3.05) is 0 Å². The number of hydrogen-bond donors (Lipinski definition) is 0. The van der Waals surface area contributed by atoms with E-state index in [0.29, 0.717) is 0 Å². The van der Waals surface area contributed by atoms with E-state index in [-0.39, 0.29) is 0 Å². The standard InChI is InChI=1S/C10H20Cl2O/c1-5-9(11,6-2)13-10(12,7-3)8-4/h5-8H2,1-4H3. The highest BCUT2D eigenvalue weighted by molar-refractivity contribution is 6.25. The first-order chi connectivity index (χ1) is 5.95. The van der Waals surface area contributed by atoms with E-state index in [0.717, 1.165) is 25.7 Å². The number of alkyl halides is 2. The van der Waals surface area contributed by atoms with Gasteiger partial charge in [0, 0.05) is 0 Å². The zero-order chi connectivity index (χ0) is 10.5. The van der Waals surface area contributed by atoms with Crippen molar-refractivity contribution < 1.29 is 4.74 Å². The molecule has 0 unspecified atom stereocenters. The molecule has 0 N–H and O–H groups in total. The molecule has 0 bridgehead atoms. The summed E-state index contributed by atoms with van der Waals surface area (Å²) in [5.41, 5.74) is 0. The van der Waals surface area contributed by atoms with E-state index in [1.807, 2.05) is 27.7 Å². The third kappa shape index (κ3) is 4.05. The molecule has 1 nitrogen and oxygen atoms in total. The van der Waals surface area contributed by atoms with Gasteiger partial charge in [-0.3, -0.25) is 0 Å². The first kappa shape index (κ1) is 13.5. The van der Waals surface area contributed by atoms with Crippen molar-refractivity contribution in [3.05, 3.63) is 0 Å². The van der Waals surface area contributed by atoms with Crippen LogP contribution in [0.3, 0.4) is 0 Å². The summed E-state index contributed by atoms with van der Waals surface area (Å²) in [7, 11) is 0. The van der Waals surface area contributed by atoms with Crippen molar-refractivity contribution in [3.8, 4) is 0 Å². The van der Waals surface area contributed by atoms with Crippen molar-refractivity contribution in [1.29, 1.82) is 0 Å². The molecule has 13 heavy (non-hydrogen) atoms. The van der Waals surface area contributed by atoms with E-state index < -0.39 is 10.1 Å². The summed E-state index contributed by atoms with van der Waals surface area (Å²) < 4.78 is 5.75. The predicted octanol–water partition coefficient (Wildman–Crippen LogP) is 4.51. The van der Waals surface area contributed by atoms with Crippen molar-refractivity contribution in [1.82, 2.24) is 0 Å². The molecule has 0 aliphatic heterocycles. The van der Waals surface area contributed by atoms with Gasteiger partial charge in [0.15, 0.2) is 0 Å². The fourth-order valence-corrected chi connectivity index (χ4v) is 1.45. The Morgan fingerprint density at radius 2 is 1.00 bits per heavy atom. The van der Waals surface area contributed by atoms with Crippen LogP contribution in [-0.4, -0.2) is 10.1 Å². The third-order valence-corrected chi connectivity index (χ3v) is 3.70. The summed E-state index contributed by atoms with van der Waals surface area (Å²) in [5, 5.41) is -1.18. The summed E-state index contributed by atoms with van der Waals surface area (Å²) in [4.78, 5) is 0. The van der Waals surface area contributed by atoms with Gasteiger partial charge in [-0.25, -0.2) is 0 Å². The van der Waals surface area contributed by atoms with Crippen LogP contribution in [0.1, 0.15) is 53.4 Å². The minimum atomic E-state index is -0.590. The minimum absolute atomic E-state index is 0.590. The lowest BCUT2D eigenvalue weighted by atomic mass is 10.1. The Balaban J connectivity index is 4.36. The number of halogens is 2. The molecule has 0 amide bonds. The van der Waals surface area contributed by atoms with Gasteiger partial charge in [-0.2, -0.15) is 0 Å². The molecule has 0 aromatic carbocycles. The zero-order valence-electron chi connectivity index (χ0n) is 8.99. The van der Waals surface area contributed by atoms with Crippen LogP contribution in [0.2, 0.25) is 0 Å². The Hall–Kier alpha value is 0.540. The highest BCUT2D eigenvalue weighted by Crippen LogP contribution is 2.36. The molecule has 3 heteroatoms. The van der Waals surface area contributed by atoms with Crippen LogP contribution in [0.4, 0.5) is 0 Å². The van der Waals surface area contributed by atoms with Crippen LogP contribution in [0.25, 0.3) is 0 Å². The third-order valence-electron chi connectivity index (χ3n) is 2.48. The molecular formula is C10H20Cl2O. The highest BCUT2D eigenvalue weighted by Gasteiger charge is 2.34. The van der Waals surface area contributed by atoms with Crippen molar-refractivity contribution in [3.63, 3.8) is 0 Å². The second-order valence-electron chi connectivity index (χ2n) is 3.28. The summed E-state index contributed by atoms with van der Waals surface area (Å²) in [5.74, 6) is 0. The van der Waals surface area contributed by atoms with Gasteiger partial charge in [-0.05, 0) is 25.7 Å². The molecule has 0 saturated carbocycles. The fraction of sp³-hybridized carbons (Fsp3) is 1.00. The monoisotopic (exact) mass is 226 g/mol. The minimum Gasteiger partial charge on any atom is -0.338 e.